The lowest BCUT2D eigenvalue weighted by atomic mass is 10.0. The third kappa shape index (κ3) is 2.68. The van der Waals surface area contributed by atoms with Gasteiger partial charge in [-0.05, 0) is 30.4 Å². The Hall–Kier alpha value is -0.910. The van der Waals surface area contributed by atoms with Gasteiger partial charge in [0.15, 0.2) is 0 Å². The van der Waals surface area contributed by atoms with Crippen LogP contribution in [0.2, 0.25) is 0 Å². The lowest BCUT2D eigenvalue weighted by Gasteiger charge is -2.35. The molecule has 0 spiro atoms. The van der Waals surface area contributed by atoms with Crippen molar-refractivity contribution in [2.24, 2.45) is 0 Å². The summed E-state index contributed by atoms with van der Waals surface area (Å²) in [5.74, 6) is 0.220. The van der Waals surface area contributed by atoms with Gasteiger partial charge >= 0.3 is 0 Å². The Bertz CT molecular complexity index is 454. The highest BCUT2D eigenvalue weighted by atomic mass is 32.1. The molecule has 0 radical (unpaired) electrons. The van der Waals surface area contributed by atoms with Gasteiger partial charge in [-0.1, -0.05) is 0 Å². The number of rotatable bonds is 2. The summed E-state index contributed by atoms with van der Waals surface area (Å²) >= 11 is 1.81. The molecule has 1 saturated heterocycles. The van der Waals surface area contributed by atoms with Gasteiger partial charge in [-0.15, -0.1) is 11.3 Å². The standard InChI is InChI=1S/C14H20N2O2S/c1-10-12-3-7-19-13(12)2-5-16(10)14(17)8-11-9-15-4-6-18-11/h3,7,10-11,15H,2,4-6,8-9H2,1H3. The van der Waals surface area contributed by atoms with E-state index in [0.29, 0.717) is 13.0 Å². The molecule has 2 aliphatic rings. The Kier molecular flexibility index (Phi) is 3.86. The molecule has 0 bridgehead atoms. The van der Waals surface area contributed by atoms with E-state index in [9.17, 15) is 4.79 Å². The summed E-state index contributed by atoms with van der Waals surface area (Å²) in [6, 6.07) is 2.36. The number of nitrogens with zero attached hydrogens (tertiary/aromatic N) is 1. The fourth-order valence-electron chi connectivity index (χ4n) is 2.91. The second-order valence-electron chi connectivity index (χ2n) is 5.21. The average molecular weight is 280 g/mol. The molecule has 4 nitrogen and oxygen atoms in total. The molecule has 0 aromatic carbocycles. The minimum absolute atomic E-state index is 0.0392. The Morgan fingerprint density at radius 2 is 2.53 bits per heavy atom. The zero-order chi connectivity index (χ0) is 13.2. The number of amides is 1. The third-order valence-electron chi connectivity index (χ3n) is 4.00. The number of thiophene rings is 1. The third-order valence-corrected chi connectivity index (χ3v) is 5.00. The monoisotopic (exact) mass is 280 g/mol. The molecule has 2 atom stereocenters. The number of carbonyl (C=O) groups excluding carboxylic acids is 1. The summed E-state index contributed by atoms with van der Waals surface area (Å²) in [4.78, 5) is 15.9. The maximum absolute atomic E-state index is 12.4. The summed E-state index contributed by atoms with van der Waals surface area (Å²) in [6.45, 7) is 5.36. The van der Waals surface area contributed by atoms with Crippen LogP contribution in [0.4, 0.5) is 0 Å². The van der Waals surface area contributed by atoms with Crippen LogP contribution in [-0.4, -0.2) is 43.2 Å². The first kappa shape index (κ1) is 13.1. The molecule has 3 rings (SSSR count). The first-order valence-corrected chi connectivity index (χ1v) is 7.81. The lowest BCUT2D eigenvalue weighted by Crippen LogP contribution is -2.44. The van der Waals surface area contributed by atoms with E-state index >= 15 is 0 Å². The number of morpholine rings is 1. The number of fused-ring (bicyclic) bond motifs is 1. The zero-order valence-corrected chi connectivity index (χ0v) is 12.0. The summed E-state index contributed by atoms with van der Waals surface area (Å²) in [7, 11) is 0. The van der Waals surface area contributed by atoms with Gasteiger partial charge in [0, 0.05) is 24.5 Å². The molecule has 104 valence electrons. The van der Waals surface area contributed by atoms with Crippen molar-refractivity contribution in [2.45, 2.75) is 31.9 Å². The van der Waals surface area contributed by atoms with Crippen LogP contribution in [0.1, 0.15) is 29.8 Å². The summed E-state index contributed by atoms with van der Waals surface area (Å²) in [6.07, 6.45) is 1.53. The molecule has 2 unspecified atom stereocenters. The van der Waals surface area contributed by atoms with Crippen molar-refractivity contribution in [3.8, 4) is 0 Å². The van der Waals surface area contributed by atoms with E-state index in [1.165, 1.54) is 10.4 Å². The second-order valence-corrected chi connectivity index (χ2v) is 6.21. The van der Waals surface area contributed by atoms with Crippen LogP contribution in [0, 0.1) is 0 Å². The van der Waals surface area contributed by atoms with Crippen molar-refractivity contribution >= 4 is 17.2 Å². The molecular formula is C14H20N2O2S. The molecule has 0 saturated carbocycles. The zero-order valence-electron chi connectivity index (χ0n) is 11.2. The minimum Gasteiger partial charge on any atom is -0.375 e. The first-order valence-electron chi connectivity index (χ1n) is 6.94. The molecule has 1 aromatic heterocycles. The SMILES string of the molecule is CC1c2ccsc2CCN1C(=O)CC1CNCCO1. The van der Waals surface area contributed by atoms with Crippen molar-refractivity contribution in [1.82, 2.24) is 10.2 Å². The fourth-order valence-corrected chi connectivity index (χ4v) is 3.88. The van der Waals surface area contributed by atoms with Gasteiger partial charge in [0.25, 0.3) is 0 Å². The smallest absolute Gasteiger partial charge is 0.225 e. The van der Waals surface area contributed by atoms with Crippen LogP contribution < -0.4 is 5.32 Å². The quantitative estimate of drug-likeness (QED) is 0.894. The second kappa shape index (κ2) is 5.61. The van der Waals surface area contributed by atoms with Crippen molar-refractivity contribution in [2.75, 3.05) is 26.2 Å². The van der Waals surface area contributed by atoms with Crippen LogP contribution in [-0.2, 0) is 16.0 Å². The van der Waals surface area contributed by atoms with Gasteiger partial charge in [-0.25, -0.2) is 0 Å². The van der Waals surface area contributed by atoms with Crippen molar-refractivity contribution in [1.29, 1.82) is 0 Å². The molecule has 1 aromatic rings. The van der Waals surface area contributed by atoms with Gasteiger partial charge in [-0.3, -0.25) is 4.79 Å². The predicted octanol–water partition coefficient (Wildman–Crippen LogP) is 1.57. The van der Waals surface area contributed by atoms with Gasteiger partial charge in [0.1, 0.15) is 0 Å². The van der Waals surface area contributed by atoms with E-state index in [1.807, 2.05) is 4.90 Å². The molecule has 0 aliphatic carbocycles. The number of hydrogen-bond donors (Lipinski definition) is 1. The Morgan fingerprint density at radius 1 is 1.63 bits per heavy atom. The van der Waals surface area contributed by atoms with Gasteiger partial charge in [0.2, 0.25) is 5.91 Å². The Labute approximate surface area is 117 Å². The highest BCUT2D eigenvalue weighted by Crippen LogP contribution is 2.33. The van der Waals surface area contributed by atoms with Crippen LogP contribution in [0.15, 0.2) is 11.4 Å². The van der Waals surface area contributed by atoms with Crippen LogP contribution >= 0.6 is 11.3 Å². The van der Waals surface area contributed by atoms with E-state index in [-0.39, 0.29) is 18.1 Å². The molecule has 2 aliphatic heterocycles. The summed E-state index contributed by atoms with van der Waals surface area (Å²) < 4.78 is 5.62. The molecule has 1 N–H and O–H groups in total. The Morgan fingerprint density at radius 3 is 3.32 bits per heavy atom. The summed E-state index contributed by atoms with van der Waals surface area (Å²) in [5.41, 5.74) is 1.33. The van der Waals surface area contributed by atoms with E-state index in [2.05, 4.69) is 23.7 Å². The highest BCUT2D eigenvalue weighted by Gasteiger charge is 2.30. The minimum atomic E-state index is 0.0392. The van der Waals surface area contributed by atoms with Crippen LogP contribution in [0.5, 0.6) is 0 Å². The number of nitrogens with one attached hydrogen (secondary N) is 1. The van der Waals surface area contributed by atoms with Crippen molar-refractivity contribution < 1.29 is 9.53 Å². The van der Waals surface area contributed by atoms with E-state index in [4.69, 9.17) is 4.74 Å². The number of carbonyl (C=O) groups is 1. The molecule has 1 amide bonds. The lowest BCUT2D eigenvalue weighted by molar-refractivity contribution is -0.137. The average Bonchev–Trinajstić information content (AvgIpc) is 2.89. The number of hydrogen-bond acceptors (Lipinski definition) is 4. The van der Waals surface area contributed by atoms with E-state index < -0.39 is 0 Å². The number of ether oxygens (including phenoxy) is 1. The van der Waals surface area contributed by atoms with Crippen molar-refractivity contribution in [3.63, 3.8) is 0 Å². The van der Waals surface area contributed by atoms with Crippen LogP contribution in [0.3, 0.4) is 0 Å². The first-order chi connectivity index (χ1) is 9.25. The topological polar surface area (TPSA) is 41.6 Å². The molecule has 1 fully saturated rings. The van der Waals surface area contributed by atoms with Gasteiger partial charge in [0.05, 0.1) is 25.2 Å². The molecule has 19 heavy (non-hydrogen) atoms. The van der Waals surface area contributed by atoms with Crippen molar-refractivity contribution in [3.05, 3.63) is 21.9 Å². The van der Waals surface area contributed by atoms with Gasteiger partial charge in [-0.2, -0.15) is 0 Å². The highest BCUT2D eigenvalue weighted by molar-refractivity contribution is 7.10. The molecular weight excluding hydrogens is 260 g/mol. The van der Waals surface area contributed by atoms with E-state index in [1.54, 1.807) is 11.3 Å². The normalized spacial score (nSPS) is 27.1. The summed E-state index contributed by atoms with van der Waals surface area (Å²) in [5, 5.41) is 5.40. The van der Waals surface area contributed by atoms with Gasteiger partial charge < -0.3 is 15.0 Å². The molecule has 3 heterocycles. The largest absolute Gasteiger partial charge is 0.375 e. The predicted molar refractivity (Wildman–Crippen MR) is 75.4 cm³/mol. The van der Waals surface area contributed by atoms with Crippen LogP contribution in [0.25, 0.3) is 0 Å². The fraction of sp³-hybridized carbons (Fsp3) is 0.643. The maximum Gasteiger partial charge on any atom is 0.225 e. The Balaban J connectivity index is 1.64. The van der Waals surface area contributed by atoms with E-state index in [0.717, 1.165) is 26.1 Å². The molecule has 5 heteroatoms. The maximum atomic E-state index is 12.4.